The summed E-state index contributed by atoms with van der Waals surface area (Å²) in [4.78, 5) is 2.52. The van der Waals surface area contributed by atoms with Gasteiger partial charge in [0.05, 0.1) is 18.2 Å². The van der Waals surface area contributed by atoms with Gasteiger partial charge in [0, 0.05) is 0 Å². The van der Waals surface area contributed by atoms with Crippen molar-refractivity contribution in [3.8, 4) is 5.75 Å². The molecule has 2 aromatic rings. The molecule has 2 rings (SSSR count). The summed E-state index contributed by atoms with van der Waals surface area (Å²) in [7, 11) is -2.17. The van der Waals surface area contributed by atoms with Crippen molar-refractivity contribution in [2.45, 2.75) is 38.0 Å². The highest BCUT2D eigenvalue weighted by Crippen LogP contribution is 2.26. The van der Waals surface area contributed by atoms with E-state index in [1.165, 1.54) is 6.21 Å². The molecule has 0 saturated carbocycles. The zero-order chi connectivity index (χ0) is 18.7. The second kappa shape index (κ2) is 7.27. The van der Waals surface area contributed by atoms with Gasteiger partial charge in [0.25, 0.3) is 10.0 Å². The SMILES string of the molecule is COc1cccc(/C=N/NS(=O)(=O)c2cc(C(C)(C)C)ccc2C)c1. The van der Waals surface area contributed by atoms with Gasteiger partial charge in [-0.05, 0) is 47.2 Å². The van der Waals surface area contributed by atoms with Crippen LogP contribution in [-0.2, 0) is 15.4 Å². The molecule has 2 aromatic carbocycles. The smallest absolute Gasteiger partial charge is 0.276 e. The van der Waals surface area contributed by atoms with E-state index >= 15 is 0 Å². The molecular weight excluding hydrogens is 336 g/mol. The zero-order valence-corrected chi connectivity index (χ0v) is 16.0. The highest BCUT2D eigenvalue weighted by Gasteiger charge is 2.21. The normalized spacial score (nSPS) is 12.4. The number of sulfonamides is 1. The maximum absolute atomic E-state index is 12.6. The van der Waals surface area contributed by atoms with Crippen LogP contribution < -0.4 is 9.57 Å². The largest absolute Gasteiger partial charge is 0.497 e. The molecule has 0 heterocycles. The van der Waals surface area contributed by atoms with Gasteiger partial charge in [0.1, 0.15) is 5.75 Å². The first-order chi connectivity index (χ1) is 11.6. The number of methoxy groups -OCH3 is 1. The van der Waals surface area contributed by atoms with Crippen LogP contribution in [-0.4, -0.2) is 21.7 Å². The van der Waals surface area contributed by atoms with Crippen LogP contribution in [0.5, 0.6) is 5.75 Å². The minimum Gasteiger partial charge on any atom is -0.497 e. The van der Waals surface area contributed by atoms with Crippen LogP contribution in [0.4, 0.5) is 0 Å². The third-order valence-corrected chi connectivity index (χ3v) is 5.19. The van der Waals surface area contributed by atoms with E-state index in [1.54, 1.807) is 26.2 Å². The van der Waals surface area contributed by atoms with Crippen molar-refractivity contribution in [1.82, 2.24) is 4.83 Å². The van der Waals surface area contributed by atoms with Crippen molar-refractivity contribution < 1.29 is 13.2 Å². The third-order valence-electron chi connectivity index (χ3n) is 3.82. The van der Waals surface area contributed by atoms with Gasteiger partial charge in [-0.1, -0.05) is 45.0 Å². The van der Waals surface area contributed by atoms with Gasteiger partial charge in [0.15, 0.2) is 0 Å². The van der Waals surface area contributed by atoms with Crippen molar-refractivity contribution in [1.29, 1.82) is 0 Å². The fraction of sp³-hybridized carbons (Fsp3) is 0.316. The van der Waals surface area contributed by atoms with Crippen LogP contribution in [0.2, 0.25) is 0 Å². The molecule has 5 nitrogen and oxygen atoms in total. The Balaban J connectivity index is 2.26. The molecule has 1 N–H and O–H groups in total. The quantitative estimate of drug-likeness (QED) is 0.654. The number of benzene rings is 2. The second-order valence-corrected chi connectivity index (χ2v) is 8.49. The van der Waals surface area contributed by atoms with E-state index in [0.29, 0.717) is 11.3 Å². The lowest BCUT2D eigenvalue weighted by molar-refractivity contribution is 0.415. The van der Waals surface area contributed by atoms with Crippen LogP contribution in [0.1, 0.15) is 37.5 Å². The van der Waals surface area contributed by atoms with E-state index in [2.05, 4.69) is 9.93 Å². The minimum absolute atomic E-state index is 0.137. The Bertz CT molecular complexity index is 882. The summed E-state index contributed by atoms with van der Waals surface area (Å²) in [5.41, 5.74) is 2.23. The lowest BCUT2D eigenvalue weighted by Gasteiger charge is -2.20. The number of nitrogens with zero attached hydrogens (tertiary/aromatic N) is 1. The molecule has 0 bridgehead atoms. The molecular formula is C19H24N2O3S. The summed E-state index contributed by atoms with van der Waals surface area (Å²) < 4.78 is 30.3. The van der Waals surface area contributed by atoms with Gasteiger partial charge in [0.2, 0.25) is 0 Å². The fourth-order valence-electron chi connectivity index (χ4n) is 2.30. The number of hydrazone groups is 1. The maximum atomic E-state index is 12.6. The Hall–Kier alpha value is -2.34. The van der Waals surface area contributed by atoms with Gasteiger partial charge in [-0.15, -0.1) is 0 Å². The molecule has 0 radical (unpaired) electrons. The molecule has 0 amide bonds. The predicted octanol–water partition coefficient (Wildman–Crippen LogP) is 3.61. The fourth-order valence-corrected chi connectivity index (χ4v) is 3.36. The van der Waals surface area contributed by atoms with Gasteiger partial charge in [-0.25, -0.2) is 4.83 Å². The first-order valence-electron chi connectivity index (χ1n) is 7.93. The first kappa shape index (κ1) is 19.0. The molecule has 6 heteroatoms. The number of ether oxygens (including phenoxy) is 1. The molecule has 25 heavy (non-hydrogen) atoms. The Morgan fingerprint density at radius 3 is 2.48 bits per heavy atom. The van der Waals surface area contributed by atoms with Crippen LogP contribution >= 0.6 is 0 Å². The highest BCUT2D eigenvalue weighted by molar-refractivity contribution is 7.89. The van der Waals surface area contributed by atoms with Gasteiger partial charge in [-0.2, -0.15) is 13.5 Å². The van der Waals surface area contributed by atoms with Crippen molar-refractivity contribution in [3.63, 3.8) is 0 Å². The lowest BCUT2D eigenvalue weighted by Crippen LogP contribution is -2.21. The average molecular weight is 360 g/mol. The molecule has 0 aliphatic heterocycles. The van der Waals surface area contributed by atoms with Crippen molar-refractivity contribution in [2.75, 3.05) is 7.11 Å². The van der Waals surface area contributed by atoms with Crippen LogP contribution in [0, 0.1) is 6.92 Å². The molecule has 0 atom stereocenters. The van der Waals surface area contributed by atoms with E-state index in [1.807, 2.05) is 51.1 Å². The summed E-state index contributed by atoms with van der Waals surface area (Å²) in [6.45, 7) is 7.90. The van der Waals surface area contributed by atoms with Crippen molar-refractivity contribution in [3.05, 3.63) is 59.2 Å². The molecule has 0 aliphatic rings. The summed E-state index contributed by atoms with van der Waals surface area (Å²) in [6, 6.07) is 12.7. The molecule has 134 valence electrons. The summed E-state index contributed by atoms with van der Waals surface area (Å²) in [6.07, 6.45) is 1.45. The van der Waals surface area contributed by atoms with Gasteiger partial charge >= 0.3 is 0 Å². The Labute approximate surface area is 149 Å². The molecule has 0 spiro atoms. The summed E-state index contributed by atoms with van der Waals surface area (Å²) in [5.74, 6) is 0.681. The lowest BCUT2D eigenvalue weighted by atomic mass is 9.87. The van der Waals surface area contributed by atoms with Crippen molar-refractivity contribution in [2.24, 2.45) is 5.10 Å². The van der Waals surface area contributed by atoms with E-state index in [9.17, 15) is 8.42 Å². The zero-order valence-electron chi connectivity index (χ0n) is 15.2. The standard InChI is InChI=1S/C19H24N2O3S/c1-14-9-10-16(19(2,3)4)12-18(14)25(22,23)21-20-13-15-7-6-8-17(11-15)24-5/h6-13,21H,1-5H3/b20-13+. The van der Waals surface area contributed by atoms with Crippen LogP contribution in [0.15, 0.2) is 52.5 Å². The van der Waals surface area contributed by atoms with E-state index in [-0.39, 0.29) is 10.3 Å². The highest BCUT2D eigenvalue weighted by atomic mass is 32.2. The van der Waals surface area contributed by atoms with E-state index < -0.39 is 10.0 Å². The maximum Gasteiger partial charge on any atom is 0.276 e. The van der Waals surface area contributed by atoms with E-state index in [0.717, 1.165) is 11.1 Å². The molecule has 0 saturated heterocycles. The topological polar surface area (TPSA) is 67.8 Å². The number of hydrogen-bond acceptors (Lipinski definition) is 4. The number of nitrogens with one attached hydrogen (secondary N) is 1. The first-order valence-corrected chi connectivity index (χ1v) is 9.42. The Morgan fingerprint density at radius 2 is 1.84 bits per heavy atom. The summed E-state index contributed by atoms with van der Waals surface area (Å²) in [5, 5.41) is 3.88. The van der Waals surface area contributed by atoms with Crippen molar-refractivity contribution >= 4 is 16.2 Å². The average Bonchev–Trinajstić information content (AvgIpc) is 2.54. The molecule has 0 fully saturated rings. The number of rotatable bonds is 5. The monoisotopic (exact) mass is 360 g/mol. The Morgan fingerprint density at radius 1 is 1.12 bits per heavy atom. The molecule has 0 unspecified atom stereocenters. The predicted molar refractivity (Wildman–Crippen MR) is 101 cm³/mol. The third kappa shape index (κ3) is 4.82. The Kier molecular flexibility index (Phi) is 5.52. The summed E-state index contributed by atoms with van der Waals surface area (Å²) >= 11 is 0. The minimum atomic E-state index is -3.74. The number of aryl methyl sites for hydroxylation is 1. The second-order valence-electron chi connectivity index (χ2n) is 6.86. The van der Waals surface area contributed by atoms with Crippen LogP contribution in [0.25, 0.3) is 0 Å². The number of hydrogen-bond donors (Lipinski definition) is 1. The molecule has 0 aliphatic carbocycles. The van der Waals surface area contributed by atoms with Gasteiger partial charge < -0.3 is 4.74 Å². The van der Waals surface area contributed by atoms with E-state index in [4.69, 9.17) is 4.74 Å². The van der Waals surface area contributed by atoms with Gasteiger partial charge in [-0.3, -0.25) is 0 Å². The van der Waals surface area contributed by atoms with Crippen LogP contribution in [0.3, 0.4) is 0 Å². The molecule has 0 aromatic heterocycles.